The van der Waals surface area contributed by atoms with E-state index in [9.17, 15) is 0 Å². The van der Waals surface area contributed by atoms with Crippen molar-refractivity contribution in [2.75, 3.05) is 0 Å². The number of nitrogens with zero attached hydrogens (tertiary/aromatic N) is 2. The van der Waals surface area contributed by atoms with Crippen molar-refractivity contribution in [2.45, 2.75) is 65.2 Å². The topological polar surface area (TPSA) is 27.1 Å². The molecule has 1 aliphatic rings. The van der Waals surface area contributed by atoms with Gasteiger partial charge in [0.25, 0.3) is 0 Å². The third kappa shape index (κ3) is 4.20. The van der Waals surface area contributed by atoms with Crippen molar-refractivity contribution in [3.63, 3.8) is 0 Å². The molecule has 0 atom stereocenters. The molecule has 0 unspecified atom stereocenters. The first-order valence-corrected chi connectivity index (χ1v) is 10.3. The largest absolute Gasteiger partial charge is 0.370 e. The summed E-state index contributed by atoms with van der Waals surface area (Å²) < 4.78 is 8.55. The molecule has 0 radical (unpaired) electrons. The zero-order valence-electron chi connectivity index (χ0n) is 16.2. The summed E-state index contributed by atoms with van der Waals surface area (Å²) >= 11 is 6.05. The summed E-state index contributed by atoms with van der Waals surface area (Å²) in [7, 11) is 0. The Morgan fingerprint density at radius 1 is 1.04 bits per heavy atom. The van der Waals surface area contributed by atoms with Crippen LogP contribution in [0.2, 0.25) is 5.02 Å². The van der Waals surface area contributed by atoms with Crippen LogP contribution in [0.25, 0.3) is 11.0 Å². The van der Waals surface area contributed by atoms with Gasteiger partial charge < -0.3 is 9.30 Å². The molecule has 3 aromatic rings. The maximum Gasteiger partial charge on any atom is 0.136 e. The summed E-state index contributed by atoms with van der Waals surface area (Å²) in [4.78, 5) is 4.92. The summed E-state index contributed by atoms with van der Waals surface area (Å²) in [5.74, 6) is 1.01. The molecule has 2 aromatic carbocycles. The highest BCUT2D eigenvalue weighted by Gasteiger charge is 2.17. The van der Waals surface area contributed by atoms with Gasteiger partial charge in [0.15, 0.2) is 0 Å². The number of hydrogen-bond acceptors (Lipinski definition) is 2. The standard InChI is InChI=1S/C23H27ClN2O/c1-16-12-21-22(13-17(16)2)26(14-18-8-10-19(24)11-9-18)23(25-21)15-27-20-6-4-3-5-7-20/h8-13,20H,3-7,14-15H2,1-2H3. The van der Waals surface area contributed by atoms with E-state index >= 15 is 0 Å². The fraction of sp³-hybridized carbons (Fsp3) is 0.435. The lowest BCUT2D eigenvalue weighted by atomic mass is 9.98. The first-order valence-electron chi connectivity index (χ1n) is 9.92. The van der Waals surface area contributed by atoms with Crippen molar-refractivity contribution >= 4 is 22.6 Å². The molecule has 0 N–H and O–H groups in total. The van der Waals surface area contributed by atoms with Gasteiger partial charge in [-0.1, -0.05) is 43.0 Å². The van der Waals surface area contributed by atoms with E-state index in [4.69, 9.17) is 21.3 Å². The van der Waals surface area contributed by atoms with Crippen LogP contribution in [-0.2, 0) is 17.9 Å². The Kier molecular flexibility index (Phi) is 5.51. The SMILES string of the molecule is Cc1cc2nc(COC3CCCCC3)n(Cc3ccc(Cl)cc3)c2cc1C. The Morgan fingerprint density at radius 3 is 2.48 bits per heavy atom. The monoisotopic (exact) mass is 382 g/mol. The van der Waals surface area contributed by atoms with Crippen molar-refractivity contribution in [1.82, 2.24) is 9.55 Å². The zero-order valence-corrected chi connectivity index (χ0v) is 16.9. The van der Waals surface area contributed by atoms with Crippen molar-refractivity contribution in [1.29, 1.82) is 0 Å². The second-order valence-electron chi connectivity index (χ2n) is 7.74. The van der Waals surface area contributed by atoms with Gasteiger partial charge in [-0.2, -0.15) is 0 Å². The number of aryl methyl sites for hydroxylation is 2. The van der Waals surface area contributed by atoms with Gasteiger partial charge >= 0.3 is 0 Å². The Bertz CT molecular complexity index is 924. The van der Waals surface area contributed by atoms with Gasteiger partial charge in [-0.3, -0.25) is 0 Å². The molecule has 142 valence electrons. The molecule has 0 aliphatic heterocycles. The smallest absolute Gasteiger partial charge is 0.136 e. The number of fused-ring (bicyclic) bond motifs is 1. The third-order valence-electron chi connectivity index (χ3n) is 5.70. The molecule has 0 bridgehead atoms. The lowest BCUT2D eigenvalue weighted by molar-refractivity contribution is 0.0125. The predicted octanol–water partition coefficient (Wildman–Crippen LogP) is 6.20. The van der Waals surface area contributed by atoms with Crippen LogP contribution >= 0.6 is 11.6 Å². The van der Waals surface area contributed by atoms with E-state index < -0.39 is 0 Å². The molecule has 0 spiro atoms. The van der Waals surface area contributed by atoms with Crippen molar-refractivity contribution < 1.29 is 4.74 Å². The predicted molar refractivity (Wildman–Crippen MR) is 111 cm³/mol. The van der Waals surface area contributed by atoms with Gasteiger partial charge in [0.2, 0.25) is 0 Å². The summed E-state index contributed by atoms with van der Waals surface area (Å²) in [6, 6.07) is 12.5. The summed E-state index contributed by atoms with van der Waals surface area (Å²) in [5.41, 5.74) is 6.01. The fourth-order valence-electron chi connectivity index (χ4n) is 3.91. The minimum atomic E-state index is 0.381. The van der Waals surface area contributed by atoms with E-state index in [0.29, 0.717) is 12.7 Å². The molecule has 27 heavy (non-hydrogen) atoms. The van der Waals surface area contributed by atoms with Crippen LogP contribution in [0, 0.1) is 13.8 Å². The molecule has 3 nitrogen and oxygen atoms in total. The number of hydrogen-bond donors (Lipinski definition) is 0. The maximum atomic E-state index is 6.25. The van der Waals surface area contributed by atoms with Crippen molar-refractivity contribution in [3.05, 3.63) is 63.9 Å². The highest BCUT2D eigenvalue weighted by molar-refractivity contribution is 6.30. The second kappa shape index (κ2) is 8.04. The van der Waals surface area contributed by atoms with E-state index in [1.807, 2.05) is 12.1 Å². The molecule has 0 saturated heterocycles. The lowest BCUT2D eigenvalue weighted by Crippen LogP contribution is -2.18. The van der Waals surface area contributed by atoms with E-state index in [0.717, 1.165) is 22.9 Å². The van der Waals surface area contributed by atoms with Crippen LogP contribution in [0.15, 0.2) is 36.4 Å². The first kappa shape index (κ1) is 18.5. The number of imidazole rings is 1. The molecular weight excluding hydrogens is 356 g/mol. The molecule has 1 fully saturated rings. The second-order valence-corrected chi connectivity index (χ2v) is 8.17. The van der Waals surface area contributed by atoms with Crippen LogP contribution in [0.5, 0.6) is 0 Å². The van der Waals surface area contributed by atoms with Crippen LogP contribution in [0.3, 0.4) is 0 Å². The molecule has 1 aromatic heterocycles. The minimum Gasteiger partial charge on any atom is -0.370 e. The van der Waals surface area contributed by atoms with Crippen LogP contribution < -0.4 is 0 Å². The first-order chi connectivity index (χ1) is 13.1. The Hall–Kier alpha value is -1.84. The Balaban J connectivity index is 1.66. The van der Waals surface area contributed by atoms with E-state index in [1.165, 1.54) is 54.3 Å². The molecule has 4 heteroatoms. The Morgan fingerprint density at radius 2 is 1.74 bits per heavy atom. The average molecular weight is 383 g/mol. The van der Waals surface area contributed by atoms with E-state index in [1.54, 1.807) is 0 Å². The van der Waals surface area contributed by atoms with Crippen LogP contribution in [0.1, 0.15) is 54.6 Å². The van der Waals surface area contributed by atoms with Gasteiger partial charge in [0.05, 0.1) is 17.1 Å². The lowest BCUT2D eigenvalue weighted by Gasteiger charge is -2.22. The Labute approximate surface area is 166 Å². The van der Waals surface area contributed by atoms with Crippen molar-refractivity contribution in [2.24, 2.45) is 0 Å². The maximum absolute atomic E-state index is 6.25. The number of halogens is 1. The fourth-order valence-corrected chi connectivity index (χ4v) is 4.04. The van der Waals surface area contributed by atoms with Gasteiger partial charge in [0, 0.05) is 11.6 Å². The molecule has 1 aliphatic carbocycles. The third-order valence-corrected chi connectivity index (χ3v) is 5.95. The van der Waals surface area contributed by atoms with Gasteiger partial charge in [-0.05, 0) is 67.6 Å². The summed E-state index contributed by atoms with van der Waals surface area (Å²) in [5, 5.41) is 0.765. The average Bonchev–Trinajstić information content (AvgIpc) is 2.99. The zero-order chi connectivity index (χ0) is 18.8. The molecular formula is C23H27ClN2O. The summed E-state index contributed by atoms with van der Waals surface area (Å²) in [6.07, 6.45) is 6.64. The number of rotatable bonds is 5. The highest BCUT2D eigenvalue weighted by atomic mass is 35.5. The van der Waals surface area contributed by atoms with E-state index in [-0.39, 0.29) is 0 Å². The minimum absolute atomic E-state index is 0.381. The highest BCUT2D eigenvalue weighted by Crippen LogP contribution is 2.25. The van der Waals surface area contributed by atoms with Crippen LogP contribution in [-0.4, -0.2) is 15.7 Å². The van der Waals surface area contributed by atoms with Gasteiger partial charge in [-0.25, -0.2) is 4.98 Å². The summed E-state index contributed by atoms with van der Waals surface area (Å²) in [6.45, 7) is 5.66. The van der Waals surface area contributed by atoms with Gasteiger partial charge in [0.1, 0.15) is 12.4 Å². The van der Waals surface area contributed by atoms with Crippen molar-refractivity contribution in [3.8, 4) is 0 Å². The molecule has 4 rings (SSSR count). The van der Waals surface area contributed by atoms with Crippen LogP contribution in [0.4, 0.5) is 0 Å². The normalized spacial score (nSPS) is 15.5. The molecule has 1 saturated carbocycles. The molecule has 0 amide bonds. The van der Waals surface area contributed by atoms with Gasteiger partial charge in [-0.15, -0.1) is 0 Å². The quantitative estimate of drug-likeness (QED) is 0.525. The van der Waals surface area contributed by atoms with E-state index in [2.05, 4.69) is 42.7 Å². The number of ether oxygens (including phenoxy) is 1. The number of benzene rings is 2. The number of aromatic nitrogens is 2. The molecule has 1 heterocycles.